The van der Waals surface area contributed by atoms with Crippen LogP contribution in [0.1, 0.15) is 93.2 Å². The Morgan fingerprint density at radius 2 is 1.66 bits per heavy atom. The van der Waals surface area contributed by atoms with Gasteiger partial charge in [-0.05, 0) is 80.8 Å². The Morgan fingerprint density at radius 1 is 0.952 bits per heavy atom. The third-order valence-corrected chi connectivity index (χ3v) is 11.7. The number of hydrogen-bond donors (Lipinski definition) is 5. The van der Waals surface area contributed by atoms with Crippen LogP contribution in [0.25, 0.3) is 11.0 Å². The second kappa shape index (κ2) is 20.4. The quantitative estimate of drug-likeness (QED) is 0.0697. The Balaban J connectivity index is 0.985. The number of ketones is 2. The van der Waals surface area contributed by atoms with Gasteiger partial charge in [0, 0.05) is 68.4 Å². The third kappa shape index (κ3) is 11.1. The number of hydrogen-bond acceptors (Lipinski definition) is 13. The van der Waals surface area contributed by atoms with Crippen LogP contribution in [0, 0.1) is 18.8 Å². The van der Waals surface area contributed by atoms with Crippen molar-refractivity contribution in [3.8, 4) is 0 Å². The lowest BCUT2D eigenvalue weighted by atomic mass is 9.90. The molecule has 4 amide bonds. The number of fused-ring (bicyclic) bond motifs is 1. The van der Waals surface area contributed by atoms with Gasteiger partial charge in [0.05, 0.1) is 23.5 Å². The van der Waals surface area contributed by atoms with Crippen LogP contribution in [0.3, 0.4) is 0 Å². The number of nitrogens with two attached hydrogens (primary N) is 2. The van der Waals surface area contributed by atoms with E-state index in [2.05, 4.69) is 30.8 Å². The number of primary amides is 1. The fourth-order valence-electron chi connectivity index (χ4n) is 8.02. The van der Waals surface area contributed by atoms with Crippen molar-refractivity contribution in [1.29, 1.82) is 0 Å². The number of carbonyl (C=O) groups is 5. The number of aryl methyl sites for hydroxylation is 1. The normalized spacial score (nSPS) is 15.3. The molecule has 0 unspecified atom stereocenters. The lowest BCUT2D eigenvalue weighted by Gasteiger charge is -2.35. The molecule has 1 aromatic carbocycles. The van der Waals surface area contributed by atoms with Crippen molar-refractivity contribution in [2.75, 3.05) is 48.3 Å². The molecule has 1 aliphatic carbocycles. The van der Waals surface area contributed by atoms with Crippen LogP contribution < -0.4 is 37.9 Å². The first-order valence-corrected chi connectivity index (χ1v) is 21.2. The first kappa shape index (κ1) is 45.1. The number of aromatic nitrogens is 4. The van der Waals surface area contributed by atoms with Crippen molar-refractivity contribution >= 4 is 63.8 Å². The minimum absolute atomic E-state index is 0.0216. The summed E-state index contributed by atoms with van der Waals surface area (Å²) in [5, 5.41) is 9.20. The van der Waals surface area contributed by atoms with E-state index in [0.717, 1.165) is 36.9 Å². The summed E-state index contributed by atoms with van der Waals surface area (Å²) >= 11 is 0. The minimum Gasteiger partial charge on any atom is -0.445 e. The Hall–Kier alpha value is -6.43. The lowest BCUT2D eigenvalue weighted by molar-refractivity contribution is -0.127. The number of piperazine rings is 1. The number of carbonyl (C=O) groups excluding carboxylic acids is 5. The van der Waals surface area contributed by atoms with Crippen LogP contribution in [0.2, 0.25) is 0 Å². The van der Waals surface area contributed by atoms with Crippen molar-refractivity contribution in [3.63, 3.8) is 0 Å². The number of pyridine rings is 2. The SMILES string of the molecule is CC(=O)c1c(C)c2cnc(Nc3ccc(N4CCN(C(=O)OCc5ccc(NC(=O)[C@H](CCCNC(N)=O)CC(=O)[C@@H](N)C(C)C)cc5)CC4)cn3)nc2n(C2CCCC2)c1=O. The molecule has 1 aliphatic heterocycles. The summed E-state index contributed by atoms with van der Waals surface area (Å²) < 4.78 is 7.30. The maximum absolute atomic E-state index is 13.6. The number of nitrogens with zero attached hydrogens (tertiary/aromatic N) is 6. The van der Waals surface area contributed by atoms with Crippen LogP contribution >= 0.6 is 0 Å². The standard InChI is InChI=1S/C44H57N11O7/c1-26(2)38(45)35(57)22-30(8-7-17-47-42(46)60)40(58)50-31-13-11-29(12-14-31)25-62-44(61)54-20-18-53(19-21-54)33-15-16-36(48-23-33)51-43-49-24-34-27(3)37(28(4)56)41(59)55(39(34)52-43)32-9-5-6-10-32/h11-16,23-24,26,30,32,38H,5-10,17-22,25,45H2,1-4H3,(H,50,58)(H3,46,47,60)(H,48,49,51,52)/t30-,38+/m1/s1. The molecular weight excluding hydrogens is 795 g/mol. The van der Waals surface area contributed by atoms with E-state index in [1.165, 1.54) is 6.92 Å². The molecule has 1 saturated carbocycles. The molecule has 4 aromatic rings. The highest BCUT2D eigenvalue weighted by atomic mass is 16.6. The number of anilines is 4. The van der Waals surface area contributed by atoms with Gasteiger partial charge < -0.3 is 42.0 Å². The number of nitrogens with one attached hydrogen (secondary N) is 3. The largest absolute Gasteiger partial charge is 0.445 e. The third-order valence-electron chi connectivity index (χ3n) is 11.7. The van der Waals surface area contributed by atoms with Gasteiger partial charge >= 0.3 is 12.1 Å². The first-order valence-electron chi connectivity index (χ1n) is 21.2. The van der Waals surface area contributed by atoms with E-state index < -0.39 is 24.1 Å². The van der Waals surface area contributed by atoms with Gasteiger partial charge in [-0.3, -0.25) is 23.7 Å². The second-order valence-electron chi connectivity index (χ2n) is 16.4. The fraction of sp³-hybridized carbons (Fsp3) is 0.477. The molecule has 18 nitrogen and oxygen atoms in total. The molecule has 18 heteroatoms. The van der Waals surface area contributed by atoms with Gasteiger partial charge in [-0.15, -0.1) is 0 Å². The molecule has 62 heavy (non-hydrogen) atoms. The van der Waals surface area contributed by atoms with Gasteiger partial charge in [-0.25, -0.2) is 19.6 Å². The van der Waals surface area contributed by atoms with Gasteiger partial charge in [0.1, 0.15) is 18.1 Å². The smallest absolute Gasteiger partial charge is 0.410 e. The summed E-state index contributed by atoms with van der Waals surface area (Å²) in [5.74, 6) is -0.707. The van der Waals surface area contributed by atoms with E-state index in [0.29, 0.717) is 73.1 Å². The zero-order valence-corrected chi connectivity index (χ0v) is 35.8. The Labute approximate surface area is 360 Å². The molecule has 1 saturated heterocycles. The molecule has 2 aliphatic rings. The molecule has 330 valence electrons. The number of benzene rings is 1. The van der Waals surface area contributed by atoms with Gasteiger partial charge in [-0.2, -0.15) is 4.98 Å². The highest BCUT2D eigenvalue weighted by Crippen LogP contribution is 2.32. The average molecular weight is 852 g/mol. The van der Waals surface area contributed by atoms with Crippen LogP contribution in [0.15, 0.2) is 53.6 Å². The van der Waals surface area contributed by atoms with E-state index in [1.807, 2.05) is 26.0 Å². The monoisotopic (exact) mass is 851 g/mol. The molecule has 0 spiro atoms. The molecule has 6 rings (SSSR count). The molecule has 3 aromatic heterocycles. The highest BCUT2D eigenvalue weighted by Gasteiger charge is 2.28. The van der Waals surface area contributed by atoms with Crippen molar-refractivity contribution in [2.24, 2.45) is 23.3 Å². The fourth-order valence-corrected chi connectivity index (χ4v) is 8.02. The van der Waals surface area contributed by atoms with Crippen molar-refractivity contribution in [3.05, 3.63) is 75.8 Å². The Morgan fingerprint density at radius 3 is 2.29 bits per heavy atom. The Bertz CT molecular complexity index is 2320. The topological polar surface area (TPSA) is 250 Å². The maximum atomic E-state index is 13.6. The zero-order chi connectivity index (χ0) is 44.5. The average Bonchev–Trinajstić information content (AvgIpc) is 3.78. The molecular formula is C44H57N11O7. The van der Waals surface area contributed by atoms with E-state index in [1.54, 1.807) is 53.0 Å². The predicted molar refractivity (Wildman–Crippen MR) is 235 cm³/mol. The van der Waals surface area contributed by atoms with Crippen LogP contribution in [-0.2, 0) is 20.9 Å². The lowest BCUT2D eigenvalue weighted by Crippen LogP contribution is -2.49. The summed E-state index contributed by atoms with van der Waals surface area (Å²) in [6.45, 7) is 9.25. The summed E-state index contributed by atoms with van der Waals surface area (Å²) in [6.07, 6.45) is 7.49. The first-order chi connectivity index (χ1) is 29.7. The van der Waals surface area contributed by atoms with E-state index in [-0.39, 0.29) is 60.1 Å². The summed E-state index contributed by atoms with van der Waals surface area (Å²) in [7, 11) is 0. The molecule has 2 fully saturated rings. The van der Waals surface area contributed by atoms with Crippen molar-refractivity contribution in [2.45, 2.75) is 91.3 Å². The highest BCUT2D eigenvalue weighted by molar-refractivity contribution is 5.99. The van der Waals surface area contributed by atoms with Crippen LogP contribution in [0.4, 0.5) is 32.7 Å². The summed E-state index contributed by atoms with van der Waals surface area (Å²) in [5.41, 5.74) is 14.3. The van der Waals surface area contributed by atoms with Crippen LogP contribution in [0.5, 0.6) is 0 Å². The van der Waals surface area contributed by atoms with Gasteiger partial charge in [0.2, 0.25) is 11.9 Å². The van der Waals surface area contributed by atoms with E-state index in [4.69, 9.17) is 21.2 Å². The maximum Gasteiger partial charge on any atom is 0.410 e. The van der Waals surface area contributed by atoms with E-state index >= 15 is 0 Å². The number of urea groups is 1. The van der Waals surface area contributed by atoms with E-state index in [9.17, 15) is 28.8 Å². The summed E-state index contributed by atoms with van der Waals surface area (Å²) in [6, 6.07) is 9.32. The Kier molecular flexibility index (Phi) is 14.9. The number of ether oxygens (including phenoxy) is 1. The van der Waals surface area contributed by atoms with Crippen LogP contribution in [-0.4, -0.2) is 92.8 Å². The van der Waals surface area contributed by atoms with Crippen molar-refractivity contribution in [1.82, 2.24) is 29.7 Å². The number of amides is 4. The second-order valence-corrected chi connectivity index (χ2v) is 16.4. The minimum atomic E-state index is -0.681. The van der Waals surface area contributed by atoms with Gasteiger partial charge in [0.15, 0.2) is 11.6 Å². The molecule has 0 bridgehead atoms. The predicted octanol–water partition coefficient (Wildman–Crippen LogP) is 4.96. The zero-order valence-electron chi connectivity index (χ0n) is 35.8. The summed E-state index contributed by atoms with van der Waals surface area (Å²) in [4.78, 5) is 93.7. The van der Waals surface area contributed by atoms with Crippen molar-refractivity contribution < 1.29 is 28.7 Å². The molecule has 2 atom stereocenters. The molecule has 0 radical (unpaired) electrons. The van der Waals surface area contributed by atoms with Gasteiger partial charge in [-0.1, -0.05) is 38.8 Å². The molecule has 7 N–H and O–H groups in total. The number of rotatable bonds is 17. The molecule has 4 heterocycles. The van der Waals surface area contributed by atoms with Gasteiger partial charge in [0.25, 0.3) is 5.56 Å². The number of Topliss-reactive ketones (excluding diaryl/α,β-unsaturated/α-hetero) is 2.